The van der Waals surface area contributed by atoms with Gasteiger partial charge in [0.15, 0.2) is 5.58 Å². The van der Waals surface area contributed by atoms with Crippen LogP contribution in [-0.2, 0) is 4.79 Å². The lowest BCUT2D eigenvalue weighted by Crippen LogP contribution is -2.59. The number of rotatable bonds is 4. The lowest BCUT2D eigenvalue weighted by molar-refractivity contribution is -0.128. The zero-order chi connectivity index (χ0) is 34.2. The van der Waals surface area contributed by atoms with E-state index in [2.05, 4.69) is 21.4 Å². The zero-order valence-electron chi connectivity index (χ0n) is 27.3. The van der Waals surface area contributed by atoms with Gasteiger partial charge in [-0.15, -0.1) is 0 Å². The number of oxazole rings is 1. The number of piperazine rings is 1. The third-order valence-electron chi connectivity index (χ3n) is 9.54. The van der Waals surface area contributed by atoms with Crippen molar-refractivity contribution in [2.75, 3.05) is 24.6 Å². The molecule has 3 aromatic heterocycles. The molecule has 5 aromatic rings. The van der Waals surface area contributed by atoms with Crippen LogP contribution in [0.4, 0.5) is 10.1 Å². The second-order valence-electron chi connectivity index (χ2n) is 12.9. The number of hydrogen-bond acceptors (Lipinski definition) is 7. The number of aromatic nitrogens is 3. The number of ether oxygens (including phenoxy) is 1. The number of pyridine rings is 2. The summed E-state index contributed by atoms with van der Waals surface area (Å²) in [6.07, 6.45) is 3.52. The number of halogens is 2. The Morgan fingerprint density at radius 1 is 1.15 bits per heavy atom. The molecule has 7 rings (SSSR count). The molecular weight excluding hydrogens is 637 g/mol. The molecule has 2 unspecified atom stereocenters. The largest absolute Gasteiger partial charge is 0.486 e. The van der Waals surface area contributed by atoms with Crippen molar-refractivity contribution in [2.24, 2.45) is 0 Å². The van der Waals surface area contributed by atoms with E-state index in [1.165, 1.54) is 16.7 Å². The van der Waals surface area contributed by atoms with Gasteiger partial charge < -0.3 is 19.0 Å². The fourth-order valence-electron chi connectivity index (χ4n) is 7.28. The Morgan fingerprint density at radius 2 is 1.92 bits per heavy atom. The molecule has 2 atom stereocenters. The summed E-state index contributed by atoms with van der Waals surface area (Å²) in [6.45, 7) is 14.2. The van der Waals surface area contributed by atoms with Crippen LogP contribution in [0, 0.1) is 19.7 Å². The highest BCUT2D eigenvalue weighted by Crippen LogP contribution is 2.47. The van der Waals surface area contributed by atoms with Gasteiger partial charge in [0, 0.05) is 48.3 Å². The maximum Gasteiger partial charge on any atom is 0.417 e. The van der Waals surface area contributed by atoms with Crippen molar-refractivity contribution in [2.45, 2.75) is 59.0 Å². The predicted molar refractivity (Wildman–Crippen MR) is 184 cm³/mol. The number of nitrogens with one attached hydrogen (secondary N) is 1. The van der Waals surface area contributed by atoms with E-state index in [1.807, 2.05) is 33.8 Å². The summed E-state index contributed by atoms with van der Waals surface area (Å²) in [6, 6.07) is 6.18. The maximum absolute atomic E-state index is 16.9. The summed E-state index contributed by atoms with van der Waals surface area (Å²) in [5, 5.41) is 0.341. The number of hydrogen-bond donors (Lipinski definition) is 1. The van der Waals surface area contributed by atoms with E-state index >= 15 is 4.39 Å². The molecule has 0 radical (unpaired) electrons. The average molecular weight is 672 g/mol. The van der Waals surface area contributed by atoms with E-state index in [0.29, 0.717) is 58.6 Å². The SMILES string of the molecule is C=CC(=O)N1CC2CCOc3c(c4cc(F)c(-c5c(C)ccc6[nH]c(=O)oc56)c(Cl)c4n(-c4c(C)ccnc4C(C)C)c3=O)N2CC1C. The molecule has 1 N–H and O–H groups in total. The number of benzene rings is 2. The van der Waals surface area contributed by atoms with Gasteiger partial charge in [0.2, 0.25) is 11.7 Å². The van der Waals surface area contributed by atoms with Gasteiger partial charge in [0.25, 0.3) is 5.56 Å². The minimum Gasteiger partial charge on any atom is -0.486 e. The van der Waals surface area contributed by atoms with Crippen molar-refractivity contribution in [3.63, 3.8) is 0 Å². The first kappa shape index (κ1) is 31.7. The monoisotopic (exact) mass is 671 g/mol. The van der Waals surface area contributed by atoms with E-state index in [-0.39, 0.29) is 58.0 Å². The number of aryl methyl sites for hydroxylation is 2. The van der Waals surface area contributed by atoms with Gasteiger partial charge in [0.1, 0.15) is 5.82 Å². The molecule has 0 bridgehead atoms. The highest BCUT2D eigenvalue weighted by atomic mass is 35.5. The smallest absolute Gasteiger partial charge is 0.417 e. The zero-order valence-corrected chi connectivity index (χ0v) is 28.1. The number of H-pyrrole nitrogens is 1. The number of nitrogens with zero attached hydrogens (tertiary/aromatic N) is 4. The molecule has 0 spiro atoms. The first-order valence-corrected chi connectivity index (χ1v) is 16.3. The topological polar surface area (TPSA) is 114 Å². The Balaban J connectivity index is 1.63. The van der Waals surface area contributed by atoms with Crippen LogP contribution in [0.2, 0.25) is 5.02 Å². The maximum atomic E-state index is 16.9. The van der Waals surface area contributed by atoms with Crippen molar-refractivity contribution < 1.29 is 18.3 Å². The van der Waals surface area contributed by atoms with Crippen molar-refractivity contribution in [1.82, 2.24) is 19.4 Å². The van der Waals surface area contributed by atoms with Crippen molar-refractivity contribution >= 4 is 45.2 Å². The summed E-state index contributed by atoms with van der Waals surface area (Å²) < 4.78 is 30.1. The van der Waals surface area contributed by atoms with Gasteiger partial charge in [-0.25, -0.2) is 9.18 Å². The third-order valence-corrected chi connectivity index (χ3v) is 9.91. The fraction of sp³-hybridized carbons (Fsp3) is 0.333. The van der Waals surface area contributed by atoms with Gasteiger partial charge in [0.05, 0.1) is 45.8 Å². The fourth-order valence-corrected chi connectivity index (χ4v) is 7.65. The van der Waals surface area contributed by atoms with Crippen molar-refractivity contribution in [1.29, 1.82) is 0 Å². The van der Waals surface area contributed by atoms with Crippen LogP contribution in [0.15, 0.2) is 57.1 Å². The summed E-state index contributed by atoms with van der Waals surface area (Å²) in [7, 11) is 0. The molecule has 248 valence electrons. The molecule has 2 aromatic carbocycles. The molecule has 48 heavy (non-hydrogen) atoms. The van der Waals surface area contributed by atoms with Crippen LogP contribution in [-0.4, -0.2) is 57.1 Å². The lowest BCUT2D eigenvalue weighted by Gasteiger charge is -2.45. The van der Waals surface area contributed by atoms with Crippen LogP contribution in [0.1, 0.15) is 49.9 Å². The Bertz CT molecular complexity index is 2290. The highest BCUT2D eigenvalue weighted by Gasteiger charge is 2.39. The average Bonchev–Trinajstić information content (AvgIpc) is 3.32. The number of amides is 1. The summed E-state index contributed by atoms with van der Waals surface area (Å²) >= 11 is 7.37. The molecule has 0 aliphatic carbocycles. The lowest BCUT2D eigenvalue weighted by atomic mass is 9.95. The summed E-state index contributed by atoms with van der Waals surface area (Å²) in [5.41, 5.74) is 3.66. The number of aromatic amines is 1. The first-order chi connectivity index (χ1) is 22.9. The van der Waals surface area contributed by atoms with E-state index in [0.717, 1.165) is 5.56 Å². The summed E-state index contributed by atoms with van der Waals surface area (Å²) in [5.74, 6) is -1.53. The molecule has 1 saturated heterocycles. The van der Waals surface area contributed by atoms with Crippen LogP contribution >= 0.6 is 11.6 Å². The number of anilines is 1. The standard InChI is InChI=1S/C36H35ClFN5O5/c1-7-25(44)41-16-21-11-13-47-34-32(42(21)15-20(41)6)22-14-23(38)27(26-18(4)8-9-24-33(26)48-36(46)40-24)28(37)31(22)43(35(34)45)30-19(5)10-12-39-29(30)17(2)3/h7-10,12,14,17,20-21H,1,11,13,15-16H2,2-6H3,(H,40,46). The third kappa shape index (κ3) is 4.74. The van der Waals surface area contributed by atoms with E-state index in [4.69, 9.17) is 20.8 Å². The van der Waals surface area contributed by atoms with Gasteiger partial charge in [-0.1, -0.05) is 38.1 Å². The van der Waals surface area contributed by atoms with Crippen molar-refractivity contribution in [3.8, 4) is 22.6 Å². The van der Waals surface area contributed by atoms with Crippen LogP contribution in [0.3, 0.4) is 0 Å². The van der Waals surface area contributed by atoms with Gasteiger partial charge >= 0.3 is 5.76 Å². The Hall–Kier alpha value is -4.90. The molecule has 12 heteroatoms. The van der Waals surface area contributed by atoms with Crippen LogP contribution in [0.5, 0.6) is 5.75 Å². The Morgan fingerprint density at radius 3 is 2.65 bits per heavy atom. The number of carbonyl (C=O) groups excluding carboxylic acids is 1. The molecular formula is C36H35ClFN5O5. The van der Waals surface area contributed by atoms with Crippen LogP contribution < -0.4 is 21.0 Å². The quantitative estimate of drug-likeness (QED) is 0.220. The predicted octanol–water partition coefficient (Wildman–Crippen LogP) is 6.39. The Kier molecular flexibility index (Phi) is 7.70. The van der Waals surface area contributed by atoms with E-state index in [1.54, 1.807) is 30.2 Å². The molecule has 1 amide bonds. The Labute approximate surface area is 280 Å². The minimum absolute atomic E-state index is 0.00313. The molecule has 2 aliphatic heterocycles. The second kappa shape index (κ2) is 11.7. The second-order valence-corrected chi connectivity index (χ2v) is 13.3. The first-order valence-electron chi connectivity index (χ1n) is 15.9. The number of carbonyl (C=O) groups is 1. The van der Waals surface area contributed by atoms with Gasteiger partial charge in [-0.3, -0.25) is 24.1 Å². The molecule has 2 aliphatic rings. The molecule has 10 nitrogen and oxygen atoms in total. The molecule has 1 fully saturated rings. The normalized spacial score (nSPS) is 17.8. The van der Waals surface area contributed by atoms with Crippen molar-refractivity contribution in [3.05, 3.63) is 91.7 Å². The minimum atomic E-state index is -0.685. The van der Waals surface area contributed by atoms with E-state index < -0.39 is 17.1 Å². The van der Waals surface area contributed by atoms with Crippen LogP contribution in [0.25, 0.3) is 38.8 Å². The molecule has 0 saturated carbocycles. The van der Waals surface area contributed by atoms with Gasteiger partial charge in [-0.05, 0) is 62.1 Å². The molecule has 5 heterocycles. The summed E-state index contributed by atoms with van der Waals surface area (Å²) in [4.78, 5) is 51.1. The number of fused-ring (bicyclic) bond motifs is 6. The van der Waals surface area contributed by atoms with Gasteiger partial charge in [-0.2, -0.15) is 0 Å². The van der Waals surface area contributed by atoms with E-state index in [9.17, 15) is 14.4 Å². The highest BCUT2D eigenvalue weighted by molar-refractivity contribution is 6.39.